The van der Waals surface area contributed by atoms with E-state index in [1.54, 1.807) is 18.2 Å². The Morgan fingerprint density at radius 1 is 1.24 bits per heavy atom. The number of aliphatic hydroxyl groups excluding tert-OH is 1. The molecule has 1 aromatic carbocycles. The number of nitrogens with zero attached hydrogens (tertiary/aromatic N) is 2. The van der Waals surface area contributed by atoms with Crippen molar-refractivity contribution in [3.8, 4) is 5.75 Å². The van der Waals surface area contributed by atoms with Gasteiger partial charge in [0.25, 0.3) is 0 Å². The molecule has 1 atom stereocenters. The third kappa shape index (κ3) is 3.43. The predicted molar refractivity (Wildman–Crippen MR) is 67.0 cm³/mol. The van der Waals surface area contributed by atoms with Crippen LogP contribution in [0.25, 0.3) is 0 Å². The van der Waals surface area contributed by atoms with E-state index in [4.69, 9.17) is 0 Å². The molecular weight excluding hydrogens is 216 g/mol. The van der Waals surface area contributed by atoms with Gasteiger partial charge in [-0.3, -0.25) is 4.90 Å². The average molecular weight is 236 g/mol. The summed E-state index contributed by atoms with van der Waals surface area (Å²) in [6.45, 7) is 4.72. The molecule has 0 amide bonds. The van der Waals surface area contributed by atoms with Crippen molar-refractivity contribution in [2.75, 3.05) is 39.8 Å². The molecule has 0 radical (unpaired) electrons. The molecule has 1 aromatic rings. The summed E-state index contributed by atoms with van der Waals surface area (Å²) in [5.41, 5.74) is 0.781. The van der Waals surface area contributed by atoms with Gasteiger partial charge in [0, 0.05) is 32.7 Å². The lowest BCUT2D eigenvalue weighted by Crippen LogP contribution is -2.45. The second-order valence-corrected chi connectivity index (χ2v) is 4.71. The van der Waals surface area contributed by atoms with Crippen LogP contribution < -0.4 is 0 Å². The smallest absolute Gasteiger partial charge is 0.115 e. The van der Waals surface area contributed by atoms with Crippen molar-refractivity contribution in [3.63, 3.8) is 0 Å². The minimum atomic E-state index is -0.523. The van der Waals surface area contributed by atoms with E-state index in [0.717, 1.165) is 31.7 Å². The minimum Gasteiger partial charge on any atom is -0.508 e. The molecule has 1 aliphatic rings. The number of hydrogen-bond donors (Lipinski definition) is 2. The molecule has 1 heterocycles. The van der Waals surface area contributed by atoms with Gasteiger partial charge in [-0.1, -0.05) is 12.1 Å². The summed E-state index contributed by atoms with van der Waals surface area (Å²) in [6.07, 6.45) is -0.523. The predicted octanol–water partition coefficient (Wildman–Crippen LogP) is 0.673. The Morgan fingerprint density at radius 3 is 2.59 bits per heavy atom. The maximum atomic E-state index is 10.1. The zero-order valence-electron chi connectivity index (χ0n) is 10.2. The van der Waals surface area contributed by atoms with Crippen LogP contribution in [0.1, 0.15) is 11.7 Å². The molecule has 0 bridgehead atoms. The average Bonchev–Trinajstić information content (AvgIpc) is 2.32. The lowest BCUT2D eigenvalue weighted by atomic mass is 10.1. The number of aromatic hydroxyl groups is 1. The summed E-state index contributed by atoms with van der Waals surface area (Å²) in [4.78, 5) is 4.55. The quantitative estimate of drug-likeness (QED) is 0.810. The van der Waals surface area contributed by atoms with Crippen molar-refractivity contribution in [3.05, 3.63) is 29.8 Å². The fourth-order valence-electron chi connectivity index (χ4n) is 2.11. The number of piperazine rings is 1. The molecule has 94 valence electrons. The molecule has 4 heteroatoms. The lowest BCUT2D eigenvalue weighted by Gasteiger charge is -2.33. The maximum Gasteiger partial charge on any atom is 0.115 e. The van der Waals surface area contributed by atoms with Crippen molar-refractivity contribution in [1.82, 2.24) is 9.80 Å². The van der Waals surface area contributed by atoms with Crippen molar-refractivity contribution >= 4 is 0 Å². The highest BCUT2D eigenvalue weighted by molar-refractivity contribution is 5.28. The summed E-state index contributed by atoms with van der Waals surface area (Å²) in [6, 6.07) is 6.85. The molecule has 1 fully saturated rings. The first-order chi connectivity index (χ1) is 8.15. The highest BCUT2D eigenvalue weighted by Crippen LogP contribution is 2.19. The summed E-state index contributed by atoms with van der Waals surface area (Å²) in [5.74, 6) is 0.208. The van der Waals surface area contributed by atoms with Crippen molar-refractivity contribution in [1.29, 1.82) is 0 Å². The van der Waals surface area contributed by atoms with Gasteiger partial charge < -0.3 is 15.1 Å². The van der Waals surface area contributed by atoms with Gasteiger partial charge in [0.05, 0.1) is 6.10 Å². The molecule has 1 aliphatic heterocycles. The van der Waals surface area contributed by atoms with Crippen molar-refractivity contribution < 1.29 is 10.2 Å². The summed E-state index contributed by atoms with van der Waals surface area (Å²) < 4.78 is 0. The van der Waals surface area contributed by atoms with E-state index in [1.165, 1.54) is 0 Å². The summed E-state index contributed by atoms with van der Waals surface area (Å²) in [5, 5.41) is 19.5. The summed E-state index contributed by atoms with van der Waals surface area (Å²) >= 11 is 0. The molecule has 0 aromatic heterocycles. The number of hydrogen-bond acceptors (Lipinski definition) is 4. The van der Waals surface area contributed by atoms with Crippen LogP contribution in [0.4, 0.5) is 0 Å². The van der Waals surface area contributed by atoms with E-state index >= 15 is 0 Å². The Kier molecular flexibility index (Phi) is 3.99. The van der Waals surface area contributed by atoms with Gasteiger partial charge in [0.2, 0.25) is 0 Å². The number of benzene rings is 1. The highest BCUT2D eigenvalue weighted by Gasteiger charge is 2.17. The van der Waals surface area contributed by atoms with Crippen LogP contribution in [-0.2, 0) is 0 Å². The first kappa shape index (κ1) is 12.4. The van der Waals surface area contributed by atoms with E-state index < -0.39 is 6.10 Å². The Balaban J connectivity index is 1.90. The topological polar surface area (TPSA) is 46.9 Å². The van der Waals surface area contributed by atoms with E-state index in [0.29, 0.717) is 6.54 Å². The van der Waals surface area contributed by atoms with E-state index in [1.807, 2.05) is 6.07 Å². The normalized spacial score (nSPS) is 20.4. The Bertz CT molecular complexity index is 362. The monoisotopic (exact) mass is 236 g/mol. The molecular formula is C13H20N2O2. The van der Waals surface area contributed by atoms with Gasteiger partial charge >= 0.3 is 0 Å². The molecule has 2 rings (SSSR count). The second-order valence-electron chi connectivity index (χ2n) is 4.71. The third-order valence-electron chi connectivity index (χ3n) is 3.28. The molecule has 1 saturated heterocycles. The van der Waals surface area contributed by atoms with E-state index in [2.05, 4.69) is 16.8 Å². The van der Waals surface area contributed by atoms with Crippen LogP contribution in [0.2, 0.25) is 0 Å². The van der Waals surface area contributed by atoms with Gasteiger partial charge in [-0.2, -0.15) is 0 Å². The van der Waals surface area contributed by atoms with Gasteiger partial charge in [0.15, 0.2) is 0 Å². The number of likely N-dealkylation sites (N-methyl/N-ethyl adjacent to an activating group) is 1. The Hall–Kier alpha value is -1.10. The maximum absolute atomic E-state index is 10.1. The van der Waals surface area contributed by atoms with Crippen LogP contribution in [0, 0.1) is 0 Å². The fraction of sp³-hybridized carbons (Fsp3) is 0.538. The molecule has 0 aliphatic carbocycles. The van der Waals surface area contributed by atoms with Crippen LogP contribution in [-0.4, -0.2) is 59.8 Å². The summed E-state index contributed by atoms with van der Waals surface area (Å²) in [7, 11) is 2.11. The second kappa shape index (κ2) is 5.49. The Labute approximate surface area is 102 Å². The molecule has 1 unspecified atom stereocenters. The molecule has 2 N–H and O–H groups in total. The van der Waals surface area contributed by atoms with Gasteiger partial charge in [0.1, 0.15) is 5.75 Å². The first-order valence-corrected chi connectivity index (χ1v) is 6.03. The van der Waals surface area contributed by atoms with Crippen LogP contribution in [0.5, 0.6) is 5.75 Å². The van der Waals surface area contributed by atoms with Gasteiger partial charge in [-0.25, -0.2) is 0 Å². The van der Waals surface area contributed by atoms with Gasteiger partial charge in [-0.05, 0) is 24.7 Å². The third-order valence-corrected chi connectivity index (χ3v) is 3.28. The number of aliphatic hydroxyl groups is 1. The van der Waals surface area contributed by atoms with Crippen LogP contribution >= 0.6 is 0 Å². The van der Waals surface area contributed by atoms with E-state index in [-0.39, 0.29) is 5.75 Å². The van der Waals surface area contributed by atoms with Crippen molar-refractivity contribution in [2.24, 2.45) is 0 Å². The molecule has 0 spiro atoms. The number of phenolic OH excluding ortho intramolecular Hbond substituents is 1. The minimum absolute atomic E-state index is 0.208. The number of phenols is 1. The van der Waals surface area contributed by atoms with Crippen molar-refractivity contribution in [2.45, 2.75) is 6.10 Å². The van der Waals surface area contributed by atoms with Gasteiger partial charge in [-0.15, -0.1) is 0 Å². The van der Waals surface area contributed by atoms with Crippen LogP contribution in [0.15, 0.2) is 24.3 Å². The number of β-amino-alcohol motifs (C(OH)–C–C–N with tert-alkyl or cyclic N) is 1. The standard InChI is InChI=1S/C13H20N2O2/c1-14-5-7-15(8-6-14)10-13(17)11-3-2-4-12(16)9-11/h2-4,9,13,16-17H,5-8,10H2,1H3. The largest absolute Gasteiger partial charge is 0.508 e. The van der Waals surface area contributed by atoms with Crippen LogP contribution in [0.3, 0.4) is 0 Å². The zero-order valence-corrected chi connectivity index (χ0v) is 10.2. The number of rotatable bonds is 3. The molecule has 0 saturated carbocycles. The van der Waals surface area contributed by atoms with E-state index in [9.17, 15) is 10.2 Å². The first-order valence-electron chi connectivity index (χ1n) is 6.03. The zero-order chi connectivity index (χ0) is 12.3. The fourth-order valence-corrected chi connectivity index (χ4v) is 2.11. The molecule has 17 heavy (non-hydrogen) atoms. The highest BCUT2D eigenvalue weighted by atomic mass is 16.3. The lowest BCUT2D eigenvalue weighted by molar-refractivity contribution is 0.0804. The molecule has 4 nitrogen and oxygen atoms in total. The SMILES string of the molecule is CN1CCN(CC(O)c2cccc(O)c2)CC1. The Morgan fingerprint density at radius 2 is 1.94 bits per heavy atom.